The molecule has 2 aromatic heterocycles. The number of hydrogen-bond donors (Lipinski definition) is 0. The molecule has 0 spiro atoms. The molecule has 0 saturated heterocycles. The predicted octanol–water partition coefficient (Wildman–Crippen LogP) is 4.17. The van der Waals surface area contributed by atoms with Crippen LogP contribution in [-0.4, -0.2) is 9.55 Å². The molecule has 0 atom stereocenters. The van der Waals surface area contributed by atoms with E-state index in [0.29, 0.717) is 5.82 Å². The molecule has 17 heavy (non-hydrogen) atoms. The van der Waals surface area contributed by atoms with Gasteiger partial charge in [0.1, 0.15) is 6.20 Å². The number of aromatic nitrogens is 2. The molecule has 0 N–H and O–H groups in total. The van der Waals surface area contributed by atoms with Gasteiger partial charge in [0, 0.05) is 23.6 Å². The normalized spacial score (nSPS) is 10.6. The molecule has 2 rings (SSSR count). The highest BCUT2D eigenvalue weighted by atomic mass is 15.0. The Morgan fingerprint density at radius 1 is 1.35 bits per heavy atom. The van der Waals surface area contributed by atoms with Crippen LogP contribution in [-0.2, 0) is 6.54 Å². The van der Waals surface area contributed by atoms with Crippen LogP contribution in [0.2, 0.25) is 0 Å². The van der Waals surface area contributed by atoms with Crippen LogP contribution in [0.3, 0.4) is 0 Å². The van der Waals surface area contributed by atoms with Gasteiger partial charge >= 0.3 is 0 Å². The predicted molar refractivity (Wildman–Crippen MR) is 70.1 cm³/mol. The van der Waals surface area contributed by atoms with E-state index in [0.717, 1.165) is 17.4 Å². The molecule has 0 unspecified atom stereocenters. The Morgan fingerprint density at radius 3 is 3.00 bits per heavy atom. The Labute approximate surface area is 102 Å². The number of fused-ring (bicyclic) bond motifs is 1. The van der Waals surface area contributed by atoms with Gasteiger partial charge in [-0.05, 0) is 18.6 Å². The molecule has 3 heteroatoms. The van der Waals surface area contributed by atoms with Crippen LogP contribution >= 0.6 is 0 Å². The highest BCUT2D eigenvalue weighted by molar-refractivity contribution is 5.81. The minimum atomic E-state index is 0.478. The molecule has 0 aliphatic heterocycles. The first-order valence-electron chi connectivity index (χ1n) is 6.17. The first kappa shape index (κ1) is 11.7. The van der Waals surface area contributed by atoms with Crippen molar-refractivity contribution in [2.24, 2.45) is 0 Å². The fraction of sp³-hybridized carbons (Fsp3) is 0.429. The smallest absolute Gasteiger partial charge is 0.271 e. The van der Waals surface area contributed by atoms with Crippen LogP contribution in [0.1, 0.15) is 32.6 Å². The van der Waals surface area contributed by atoms with E-state index in [9.17, 15) is 0 Å². The van der Waals surface area contributed by atoms with Crippen LogP contribution in [0.25, 0.3) is 15.7 Å². The van der Waals surface area contributed by atoms with Crippen molar-refractivity contribution in [2.45, 2.75) is 39.2 Å². The van der Waals surface area contributed by atoms with Crippen molar-refractivity contribution in [2.75, 3.05) is 0 Å². The number of aryl methyl sites for hydroxylation is 1. The minimum Gasteiger partial charge on any atom is -0.361 e. The lowest BCUT2D eigenvalue weighted by molar-refractivity contribution is 0.593. The molecule has 0 saturated carbocycles. The van der Waals surface area contributed by atoms with Crippen LogP contribution in [0.5, 0.6) is 0 Å². The average Bonchev–Trinajstić information content (AvgIpc) is 2.77. The molecular formula is C14H17N3. The lowest BCUT2D eigenvalue weighted by atomic mass is 10.2. The summed E-state index contributed by atoms with van der Waals surface area (Å²) in [7, 11) is 0. The largest absolute Gasteiger partial charge is 0.361 e. The lowest BCUT2D eigenvalue weighted by Gasteiger charge is -2.04. The standard InChI is InChI=1S/C14H17N3/c1-3-4-5-6-8-17-9-7-12-11-16-14(15-2)10-13(12)17/h7,9-11H,3-6,8H2,1H3. The SMILES string of the molecule is [C-]#[N+]c1cc2c(ccn2CCCCCC)cn1. The average molecular weight is 227 g/mol. The third-order valence-corrected chi connectivity index (χ3v) is 3.01. The molecular weight excluding hydrogens is 210 g/mol. The highest BCUT2D eigenvalue weighted by Gasteiger charge is 2.03. The molecule has 0 amide bonds. The Balaban J connectivity index is 2.14. The van der Waals surface area contributed by atoms with Crippen molar-refractivity contribution >= 4 is 16.7 Å². The van der Waals surface area contributed by atoms with E-state index in [1.165, 1.54) is 25.7 Å². The number of unbranched alkanes of at least 4 members (excludes halogenated alkanes) is 3. The van der Waals surface area contributed by atoms with Crippen molar-refractivity contribution in [3.8, 4) is 0 Å². The van der Waals surface area contributed by atoms with E-state index >= 15 is 0 Å². The van der Waals surface area contributed by atoms with E-state index in [1.807, 2.05) is 6.07 Å². The number of hydrogen-bond acceptors (Lipinski definition) is 1. The maximum atomic E-state index is 6.99. The first-order chi connectivity index (χ1) is 8.35. The molecule has 0 fully saturated rings. The number of nitrogens with zero attached hydrogens (tertiary/aromatic N) is 3. The van der Waals surface area contributed by atoms with Crippen molar-refractivity contribution in [1.29, 1.82) is 0 Å². The third-order valence-electron chi connectivity index (χ3n) is 3.01. The van der Waals surface area contributed by atoms with Gasteiger partial charge in [0.2, 0.25) is 0 Å². The Kier molecular flexibility index (Phi) is 3.77. The molecule has 2 heterocycles. The van der Waals surface area contributed by atoms with Crippen LogP contribution in [0.15, 0.2) is 24.5 Å². The van der Waals surface area contributed by atoms with Gasteiger partial charge in [0.25, 0.3) is 5.82 Å². The quantitative estimate of drug-likeness (QED) is 0.555. The zero-order chi connectivity index (χ0) is 12.1. The Hall–Kier alpha value is -1.82. The third kappa shape index (κ3) is 2.65. The van der Waals surface area contributed by atoms with Gasteiger partial charge in [-0.15, -0.1) is 4.98 Å². The Bertz CT molecular complexity index is 534. The zero-order valence-corrected chi connectivity index (χ0v) is 10.2. The van der Waals surface area contributed by atoms with Gasteiger partial charge in [-0.3, -0.25) is 0 Å². The van der Waals surface area contributed by atoms with Crippen LogP contribution < -0.4 is 0 Å². The second-order valence-electron chi connectivity index (χ2n) is 4.28. The summed E-state index contributed by atoms with van der Waals surface area (Å²) in [5, 5.41) is 1.12. The molecule has 0 aliphatic carbocycles. The van der Waals surface area contributed by atoms with Gasteiger partial charge in [0.15, 0.2) is 0 Å². The van der Waals surface area contributed by atoms with Gasteiger partial charge in [-0.1, -0.05) is 32.8 Å². The summed E-state index contributed by atoms with van der Waals surface area (Å²) in [6.45, 7) is 10.2. The molecule has 88 valence electrons. The summed E-state index contributed by atoms with van der Waals surface area (Å²) in [4.78, 5) is 7.46. The van der Waals surface area contributed by atoms with E-state index in [-0.39, 0.29) is 0 Å². The van der Waals surface area contributed by atoms with Crippen molar-refractivity contribution in [1.82, 2.24) is 9.55 Å². The summed E-state index contributed by atoms with van der Waals surface area (Å²) >= 11 is 0. The summed E-state index contributed by atoms with van der Waals surface area (Å²) in [6, 6.07) is 3.94. The summed E-state index contributed by atoms with van der Waals surface area (Å²) in [5.41, 5.74) is 1.13. The first-order valence-corrected chi connectivity index (χ1v) is 6.17. The molecule has 0 bridgehead atoms. The highest BCUT2D eigenvalue weighted by Crippen LogP contribution is 2.20. The van der Waals surface area contributed by atoms with Crippen molar-refractivity contribution < 1.29 is 0 Å². The van der Waals surface area contributed by atoms with E-state index in [1.54, 1.807) is 6.20 Å². The maximum absolute atomic E-state index is 6.99. The number of rotatable bonds is 5. The summed E-state index contributed by atoms with van der Waals surface area (Å²) in [6.07, 6.45) is 8.91. The van der Waals surface area contributed by atoms with Crippen molar-refractivity contribution in [3.05, 3.63) is 35.9 Å². The topological polar surface area (TPSA) is 22.2 Å². The fourth-order valence-corrected chi connectivity index (χ4v) is 2.04. The summed E-state index contributed by atoms with van der Waals surface area (Å²) in [5.74, 6) is 0.478. The maximum Gasteiger partial charge on any atom is 0.271 e. The Morgan fingerprint density at radius 2 is 2.24 bits per heavy atom. The van der Waals surface area contributed by atoms with E-state index in [4.69, 9.17) is 6.57 Å². The second kappa shape index (κ2) is 5.49. The number of pyridine rings is 1. The van der Waals surface area contributed by atoms with Gasteiger partial charge in [-0.2, -0.15) is 0 Å². The minimum absolute atomic E-state index is 0.478. The molecule has 2 aromatic rings. The van der Waals surface area contributed by atoms with E-state index < -0.39 is 0 Å². The zero-order valence-electron chi connectivity index (χ0n) is 10.2. The molecule has 0 aliphatic rings. The molecule has 0 radical (unpaired) electrons. The molecule has 0 aromatic carbocycles. The van der Waals surface area contributed by atoms with Crippen molar-refractivity contribution in [3.63, 3.8) is 0 Å². The van der Waals surface area contributed by atoms with Crippen LogP contribution in [0.4, 0.5) is 5.82 Å². The molecule has 3 nitrogen and oxygen atoms in total. The van der Waals surface area contributed by atoms with Gasteiger partial charge < -0.3 is 9.41 Å². The van der Waals surface area contributed by atoms with Crippen LogP contribution in [0, 0.1) is 6.57 Å². The summed E-state index contributed by atoms with van der Waals surface area (Å²) < 4.78 is 2.22. The van der Waals surface area contributed by atoms with E-state index in [2.05, 4.69) is 33.6 Å². The lowest BCUT2D eigenvalue weighted by Crippen LogP contribution is -1.95. The monoisotopic (exact) mass is 227 g/mol. The van der Waals surface area contributed by atoms with Gasteiger partial charge in [0.05, 0.1) is 0 Å². The second-order valence-corrected chi connectivity index (χ2v) is 4.28. The van der Waals surface area contributed by atoms with Gasteiger partial charge in [-0.25, -0.2) is 0 Å². The fourth-order valence-electron chi connectivity index (χ4n) is 2.04.